The smallest absolute Gasteiger partial charge is 0.194 e. The zero-order valence-corrected chi connectivity index (χ0v) is 19.1. The molecule has 0 amide bonds. The Hall–Kier alpha value is -1.63. The molecule has 0 radical (unpaired) electrons. The van der Waals surface area contributed by atoms with Gasteiger partial charge in [-0.2, -0.15) is 0 Å². The maximum atomic E-state index is 6.02. The minimum Gasteiger partial charge on any atom is -0.381 e. The summed E-state index contributed by atoms with van der Waals surface area (Å²) in [6.45, 7) is 16.1. The molecule has 168 valence electrons. The van der Waals surface area contributed by atoms with E-state index in [0.717, 1.165) is 70.7 Å². The molecule has 0 spiro atoms. The van der Waals surface area contributed by atoms with E-state index in [2.05, 4.69) is 60.2 Å². The lowest BCUT2D eigenvalue weighted by atomic mass is 10.1. The fraction of sp³-hybridized carbons (Fsp3) is 0.708. The van der Waals surface area contributed by atoms with Gasteiger partial charge >= 0.3 is 0 Å². The van der Waals surface area contributed by atoms with Crippen LogP contribution in [0.3, 0.4) is 0 Å². The van der Waals surface area contributed by atoms with Gasteiger partial charge in [0.05, 0.1) is 19.3 Å². The molecule has 0 saturated carbocycles. The van der Waals surface area contributed by atoms with Gasteiger partial charge in [-0.25, -0.2) is 4.99 Å². The first-order valence-corrected chi connectivity index (χ1v) is 11.7. The molecule has 0 aliphatic carbocycles. The summed E-state index contributed by atoms with van der Waals surface area (Å²) in [5.74, 6) is 1.76. The van der Waals surface area contributed by atoms with E-state index >= 15 is 0 Å². The van der Waals surface area contributed by atoms with E-state index in [1.807, 2.05) is 0 Å². The molecule has 3 rings (SSSR count). The van der Waals surface area contributed by atoms with Crippen LogP contribution in [0.2, 0.25) is 0 Å². The number of hydrogen-bond acceptors (Lipinski definition) is 4. The third-order valence-electron chi connectivity index (χ3n) is 5.72. The molecule has 2 aliphatic heterocycles. The van der Waals surface area contributed by atoms with Crippen molar-refractivity contribution in [2.75, 3.05) is 52.5 Å². The second kappa shape index (κ2) is 12.3. The number of guanidine groups is 1. The van der Waals surface area contributed by atoms with Crippen LogP contribution in [0.15, 0.2) is 29.3 Å². The molecule has 2 saturated heterocycles. The highest BCUT2D eigenvalue weighted by Crippen LogP contribution is 2.14. The first-order chi connectivity index (χ1) is 14.6. The van der Waals surface area contributed by atoms with E-state index in [4.69, 9.17) is 14.5 Å². The van der Waals surface area contributed by atoms with Crippen molar-refractivity contribution < 1.29 is 9.47 Å². The van der Waals surface area contributed by atoms with E-state index in [1.165, 1.54) is 17.7 Å². The molecule has 0 unspecified atom stereocenters. The van der Waals surface area contributed by atoms with Crippen molar-refractivity contribution in [1.29, 1.82) is 0 Å². The van der Waals surface area contributed by atoms with Crippen LogP contribution in [0.25, 0.3) is 0 Å². The Morgan fingerprint density at radius 2 is 1.77 bits per heavy atom. The number of nitrogens with zero attached hydrogens (tertiary/aromatic N) is 3. The lowest BCUT2D eigenvalue weighted by molar-refractivity contribution is -0.0390. The van der Waals surface area contributed by atoms with Gasteiger partial charge in [-0.1, -0.05) is 38.1 Å². The van der Waals surface area contributed by atoms with Crippen LogP contribution in [-0.4, -0.2) is 74.3 Å². The number of ether oxygens (including phenoxy) is 2. The van der Waals surface area contributed by atoms with Crippen LogP contribution in [-0.2, 0) is 22.6 Å². The molecular weight excluding hydrogens is 376 g/mol. The first kappa shape index (κ1) is 23.0. The first-order valence-electron chi connectivity index (χ1n) is 11.7. The average molecular weight is 417 g/mol. The lowest BCUT2D eigenvalue weighted by Gasteiger charge is -2.37. The SMILES string of the molecule is CCNC(=NCc1ccc(COC2CCOCC2)cc1)N1CCN(CC(C)C)CC1. The number of aliphatic imine (C=N–C) groups is 1. The molecule has 0 aromatic heterocycles. The molecule has 30 heavy (non-hydrogen) atoms. The van der Waals surface area contributed by atoms with Gasteiger partial charge in [0.2, 0.25) is 0 Å². The van der Waals surface area contributed by atoms with Crippen LogP contribution in [0.5, 0.6) is 0 Å². The number of nitrogens with one attached hydrogen (secondary N) is 1. The number of hydrogen-bond donors (Lipinski definition) is 1. The Kier molecular flexibility index (Phi) is 9.43. The van der Waals surface area contributed by atoms with Crippen LogP contribution in [0.1, 0.15) is 44.7 Å². The highest BCUT2D eigenvalue weighted by molar-refractivity contribution is 5.80. The molecule has 2 aliphatic rings. The number of piperazine rings is 1. The van der Waals surface area contributed by atoms with Crippen molar-refractivity contribution in [1.82, 2.24) is 15.1 Å². The fourth-order valence-corrected chi connectivity index (χ4v) is 4.05. The molecule has 2 fully saturated rings. The zero-order chi connectivity index (χ0) is 21.2. The van der Waals surface area contributed by atoms with Crippen molar-refractivity contribution in [2.45, 2.75) is 52.9 Å². The van der Waals surface area contributed by atoms with E-state index < -0.39 is 0 Å². The summed E-state index contributed by atoms with van der Waals surface area (Å²) in [7, 11) is 0. The fourth-order valence-electron chi connectivity index (χ4n) is 4.05. The average Bonchev–Trinajstić information content (AvgIpc) is 2.77. The van der Waals surface area contributed by atoms with Gasteiger partial charge < -0.3 is 19.7 Å². The third-order valence-corrected chi connectivity index (χ3v) is 5.72. The molecule has 1 aromatic carbocycles. The molecule has 1 N–H and O–H groups in total. The van der Waals surface area contributed by atoms with Gasteiger partial charge in [-0.3, -0.25) is 4.90 Å². The van der Waals surface area contributed by atoms with Gasteiger partial charge in [-0.05, 0) is 36.8 Å². The van der Waals surface area contributed by atoms with Gasteiger partial charge in [0.25, 0.3) is 0 Å². The highest BCUT2D eigenvalue weighted by Gasteiger charge is 2.20. The van der Waals surface area contributed by atoms with Crippen LogP contribution < -0.4 is 5.32 Å². The molecule has 1 aromatic rings. The van der Waals surface area contributed by atoms with Crippen molar-refractivity contribution in [3.05, 3.63) is 35.4 Å². The Labute approximate surface area is 182 Å². The van der Waals surface area contributed by atoms with E-state index in [9.17, 15) is 0 Å². The minimum absolute atomic E-state index is 0.340. The maximum absolute atomic E-state index is 6.02. The molecule has 0 atom stereocenters. The Bertz CT molecular complexity index is 633. The topological polar surface area (TPSA) is 49.3 Å². The summed E-state index contributed by atoms with van der Waals surface area (Å²) in [6.07, 6.45) is 2.35. The van der Waals surface area contributed by atoms with E-state index in [0.29, 0.717) is 19.3 Å². The van der Waals surface area contributed by atoms with Crippen molar-refractivity contribution in [2.24, 2.45) is 10.9 Å². The summed E-state index contributed by atoms with van der Waals surface area (Å²) in [6, 6.07) is 8.69. The Morgan fingerprint density at radius 3 is 2.40 bits per heavy atom. The van der Waals surface area contributed by atoms with Gasteiger partial charge in [0.15, 0.2) is 5.96 Å². The van der Waals surface area contributed by atoms with Crippen molar-refractivity contribution in [3.63, 3.8) is 0 Å². The number of benzene rings is 1. The molecule has 2 heterocycles. The third kappa shape index (κ3) is 7.56. The second-order valence-corrected chi connectivity index (χ2v) is 8.79. The quantitative estimate of drug-likeness (QED) is 0.521. The summed E-state index contributed by atoms with van der Waals surface area (Å²) >= 11 is 0. The van der Waals surface area contributed by atoms with Crippen LogP contribution in [0.4, 0.5) is 0 Å². The monoisotopic (exact) mass is 416 g/mol. The van der Waals surface area contributed by atoms with Gasteiger partial charge in [-0.15, -0.1) is 0 Å². The lowest BCUT2D eigenvalue weighted by Crippen LogP contribution is -2.53. The predicted molar refractivity (Wildman–Crippen MR) is 123 cm³/mol. The summed E-state index contributed by atoms with van der Waals surface area (Å²) in [5.41, 5.74) is 2.46. The standard InChI is InChI=1S/C24H40N4O2/c1-4-25-24(28-13-11-27(12-14-28)18-20(2)3)26-17-21-5-7-22(8-6-21)19-30-23-9-15-29-16-10-23/h5-8,20,23H,4,9-19H2,1-3H3,(H,25,26). The number of rotatable bonds is 8. The largest absolute Gasteiger partial charge is 0.381 e. The predicted octanol–water partition coefficient (Wildman–Crippen LogP) is 3.12. The molecule has 0 bridgehead atoms. The van der Waals surface area contributed by atoms with E-state index in [-0.39, 0.29) is 0 Å². The van der Waals surface area contributed by atoms with Gasteiger partial charge in [0.1, 0.15) is 0 Å². The van der Waals surface area contributed by atoms with Crippen LogP contribution >= 0.6 is 0 Å². The Balaban J connectivity index is 1.48. The summed E-state index contributed by atoms with van der Waals surface area (Å²) in [4.78, 5) is 9.87. The normalized spacial score (nSPS) is 19.5. The summed E-state index contributed by atoms with van der Waals surface area (Å²) in [5, 5.41) is 3.47. The van der Waals surface area contributed by atoms with E-state index in [1.54, 1.807) is 0 Å². The summed E-state index contributed by atoms with van der Waals surface area (Å²) < 4.78 is 11.4. The molecule has 6 heteroatoms. The maximum Gasteiger partial charge on any atom is 0.194 e. The van der Waals surface area contributed by atoms with Crippen molar-refractivity contribution in [3.8, 4) is 0 Å². The van der Waals surface area contributed by atoms with Gasteiger partial charge in [0, 0.05) is 52.5 Å². The minimum atomic E-state index is 0.340. The molecular formula is C24H40N4O2. The van der Waals surface area contributed by atoms with Crippen LogP contribution in [0, 0.1) is 5.92 Å². The Morgan fingerprint density at radius 1 is 1.10 bits per heavy atom. The second-order valence-electron chi connectivity index (χ2n) is 8.79. The highest BCUT2D eigenvalue weighted by atomic mass is 16.5. The van der Waals surface area contributed by atoms with Crippen molar-refractivity contribution >= 4 is 5.96 Å². The molecule has 6 nitrogen and oxygen atoms in total. The zero-order valence-electron chi connectivity index (χ0n) is 19.1.